The maximum absolute atomic E-state index is 4.46. The first-order valence-corrected chi connectivity index (χ1v) is 9.12. The molecule has 3 aromatic rings. The van der Waals surface area contributed by atoms with E-state index in [1.54, 1.807) is 6.33 Å². The monoisotopic (exact) mass is 385 g/mol. The summed E-state index contributed by atoms with van der Waals surface area (Å²) in [7, 11) is 0. The van der Waals surface area contributed by atoms with Crippen LogP contribution >= 0.6 is 15.9 Å². The number of hydrogen-bond donors (Lipinski definition) is 0. The van der Waals surface area contributed by atoms with Crippen molar-refractivity contribution in [1.82, 2.24) is 24.5 Å². The maximum atomic E-state index is 4.46. The Bertz CT molecular complexity index is 842. The molecule has 1 aromatic carbocycles. The standard InChI is InChI=1S/C18H20BrN5/c1-13-9-17(24-18(22-13)20-12-21-24)15-3-2-8-23(11-15)10-14-4-6-16(19)7-5-14/h4-7,9,12,15H,2-3,8,10-11H2,1H3/t15-/m0/s1. The third-order valence-electron chi connectivity index (χ3n) is 4.65. The largest absolute Gasteiger partial charge is 0.298 e. The molecule has 0 saturated carbocycles. The van der Waals surface area contributed by atoms with Gasteiger partial charge in [-0.1, -0.05) is 28.1 Å². The van der Waals surface area contributed by atoms with E-state index >= 15 is 0 Å². The Morgan fingerprint density at radius 3 is 2.92 bits per heavy atom. The van der Waals surface area contributed by atoms with Crippen LogP contribution in [0.25, 0.3) is 5.78 Å². The highest BCUT2D eigenvalue weighted by molar-refractivity contribution is 9.10. The second-order valence-electron chi connectivity index (χ2n) is 6.49. The zero-order valence-electron chi connectivity index (χ0n) is 13.7. The number of benzene rings is 1. The first-order valence-electron chi connectivity index (χ1n) is 8.33. The summed E-state index contributed by atoms with van der Waals surface area (Å²) in [6.07, 6.45) is 3.99. The van der Waals surface area contributed by atoms with Gasteiger partial charge >= 0.3 is 0 Å². The number of hydrogen-bond acceptors (Lipinski definition) is 4. The van der Waals surface area contributed by atoms with Gasteiger partial charge in [-0.2, -0.15) is 10.1 Å². The van der Waals surface area contributed by atoms with Gasteiger partial charge in [0, 0.05) is 29.2 Å². The van der Waals surface area contributed by atoms with Crippen molar-refractivity contribution in [2.45, 2.75) is 32.2 Å². The quantitative estimate of drug-likeness (QED) is 0.691. The van der Waals surface area contributed by atoms with Crippen LogP contribution in [0.3, 0.4) is 0 Å². The highest BCUT2D eigenvalue weighted by atomic mass is 79.9. The molecule has 0 radical (unpaired) electrons. The molecule has 24 heavy (non-hydrogen) atoms. The van der Waals surface area contributed by atoms with E-state index in [1.807, 2.05) is 11.4 Å². The second kappa shape index (κ2) is 6.61. The van der Waals surface area contributed by atoms with Gasteiger partial charge in [-0.05, 0) is 50.1 Å². The molecule has 1 fully saturated rings. The van der Waals surface area contributed by atoms with Gasteiger partial charge in [0.2, 0.25) is 0 Å². The lowest BCUT2D eigenvalue weighted by Crippen LogP contribution is -2.34. The summed E-state index contributed by atoms with van der Waals surface area (Å²) in [5.41, 5.74) is 3.60. The molecule has 0 amide bonds. The van der Waals surface area contributed by atoms with Crippen LogP contribution in [0.15, 0.2) is 41.1 Å². The first-order chi connectivity index (χ1) is 11.7. The van der Waals surface area contributed by atoms with Crippen molar-refractivity contribution in [3.8, 4) is 0 Å². The fourth-order valence-corrected chi connectivity index (χ4v) is 3.80. The molecule has 0 N–H and O–H groups in total. The lowest BCUT2D eigenvalue weighted by Gasteiger charge is -2.33. The molecule has 0 bridgehead atoms. The van der Waals surface area contributed by atoms with Crippen LogP contribution in [0.4, 0.5) is 0 Å². The molecule has 6 heteroatoms. The summed E-state index contributed by atoms with van der Waals surface area (Å²) < 4.78 is 3.03. The smallest absolute Gasteiger partial charge is 0.252 e. The minimum absolute atomic E-state index is 0.472. The Kier molecular flexibility index (Phi) is 4.33. The summed E-state index contributed by atoms with van der Waals surface area (Å²) >= 11 is 3.50. The van der Waals surface area contributed by atoms with E-state index in [0.29, 0.717) is 11.7 Å². The number of nitrogens with zero attached hydrogens (tertiary/aromatic N) is 5. The van der Waals surface area contributed by atoms with Crippen LogP contribution in [-0.4, -0.2) is 37.6 Å². The fourth-order valence-electron chi connectivity index (χ4n) is 3.54. The normalized spacial score (nSPS) is 19.0. The molecule has 124 valence electrons. The van der Waals surface area contributed by atoms with Crippen LogP contribution in [0, 0.1) is 6.92 Å². The molecule has 3 heterocycles. The van der Waals surface area contributed by atoms with Crippen molar-refractivity contribution in [1.29, 1.82) is 0 Å². The Morgan fingerprint density at radius 2 is 2.08 bits per heavy atom. The van der Waals surface area contributed by atoms with E-state index < -0.39 is 0 Å². The number of aromatic nitrogens is 4. The lowest BCUT2D eigenvalue weighted by molar-refractivity contribution is 0.197. The highest BCUT2D eigenvalue weighted by Crippen LogP contribution is 2.28. The van der Waals surface area contributed by atoms with Crippen molar-refractivity contribution < 1.29 is 0 Å². The molecule has 4 rings (SSSR count). The van der Waals surface area contributed by atoms with Crippen LogP contribution in [-0.2, 0) is 6.54 Å². The minimum Gasteiger partial charge on any atom is -0.298 e. The van der Waals surface area contributed by atoms with Gasteiger partial charge < -0.3 is 0 Å². The van der Waals surface area contributed by atoms with Crippen LogP contribution < -0.4 is 0 Å². The summed E-state index contributed by atoms with van der Waals surface area (Å²) in [4.78, 5) is 11.2. The Morgan fingerprint density at radius 1 is 1.25 bits per heavy atom. The molecule has 0 aliphatic carbocycles. The Balaban J connectivity index is 1.55. The zero-order chi connectivity index (χ0) is 16.5. The van der Waals surface area contributed by atoms with Crippen molar-refractivity contribution >= 4 is 21.7 Å². The topological polar surface area (TPSA) is 46.3 Å². The number of halogens is 1. The van der Waals surface area contributed by atoms with Gasteiger partial charge in [0.1, 0.15) is 6.33 Å². The zero-order valence-corrected chi connectivity index (χ0v) is 15.3. The third kappa shape index (κ3) is 3.21. The predicted octanol–water partition coefficient (Wildman–Crippen LogP) is 3.57. The van der Waals surface area contributed by atoms with Gasteiger partial charge in [-0.15, -0.1) is 0 Å². The molecule has 1 aliphatic rings. The molecule has 1 saturated heterocycles. The molecular weight excluding hydrogens is 366 g/mol. The molecule has 5 nitrogen and oxygen atoms in total. The molecule has 1 atom stereocenters. The molecular formula is C18H20BrN5. The maximum Gasteiger partial charge on any atom is 0.252 e. The van der Waals surface area contributed by atoms with Crippen molar-refractivity contribution in [2.75, 3.05) is 13.1 Å². The number of fused-ring (bicyclic) bond motifs is 1. The number of piperidine rings is 1. The van der Waals surface area contributed by atoms with Crippen molar-refractivity contribution in [3.05, 3.63) is 58.1 Å². The molecule has 2 aromatic heterocycles. The summed E-state index contributed by atoms with van der Waals surface area (Å²) in [5, 5.41) is 4.37. The first kappa shape index (κ1) is 15.7. The molecule has 0 spiro atoms. The Hall–Kier alpha value is -1.79. The number of likely N-dealkylation sites (tertiary alicyclic amines) is 1. The van der Waals surface area contributed by atoms with Gasteiger partial charge in [0.05, 0.1) is 5.69 Å². The molecule has 0 unspecified atom stereocenters. The number of aryl methyl sites for hydroxylation is 1. The van der Waals surface area contributed by atoms with E-state index in [4.69, 9.17) is 0 Å². The van der Waals surface area contributed by atoms with E-state index in [0.717, 1.165) is 29.8 Å². The van der Waals surface area contributed by atoms with E-state index in [9.17, 15) is 0 Å². The predicted molar refractivity (Wildman–Crippen MR) is 96.9 cm³/mol. The van der Waals surface area contributed by atoms with Crippen molar-refractivity contribution in [3.63, 3.8) is 0 Å². The number of rotatable bonds is 3. The molecule has 1 aliphatic heterocycles. The van der Waals surface area contributed by atoms with Gasteiger partial charge in [0.25, 0.3) is 5.78 Å². The minimum atomic E-state index is 0.472. The lowest BCUT2D eigenvalue weighted by atomic mass is 9.93. The SMILES string of the molecule is Cc1cc([C@H]2CCCN(Cc3ccc(Br)cc3)C2)n2ncnc2n1. The van der Waals surface area contributed by atoms with E-state index in [1.165, 1.54) is 24.1 Å². The fraction of sp³-hybridized carbons (Fsp3) is 0.389. The summed E-state index contributed by atoms with van der Waals surface area (Å²) in [5.74, 6) is 1.18. The Labute approximate surface area is 149 Å². The highest BCUT2D eigenvalue weighted by Gasteiger charge is 2.24. The van der Waals surface area contributed by atoms with Gasteiger partial charge in [0.15, 0.2) is 0 Å². The summed E-state index contributed by atoms with van der Waals surface area (Å²) in [6, 6.07) is 10.8. The van der Waals surface area contributed by atoms with Crippen LogP contribution in [0.1, 0.15) is 35.7 Å². The van der Waals surface area contributed by atoms with E-state index in [2.05, 4.69) is 66.2 Å². The van der Waals surface area contributed by atoms with Gasteiger partial charge in [-0.3, -0.25) is 4.90 Å². The van der Waals surface area contributed by atoms with E-state index in [-0.39, 0.29) is 0 Å². The third-order valence-corrected chi connectivity index (χ3v) is 5.18. The average molecular weight is 386 g/mol. The van der Waals surface area contributed by atoms with Gasteiger partial charge in [-0.25, -0.2) is 9.50 Å². The van der Waals surface area contributed by atoms with Crippen LogP contribution in [0.2, 0.25) is 0 Å². The summed E-state index contributed by atoms with van der Waals surface area (Å²) in [6.45, 7) is 5.22. The van der Waals surface area contributed by atoms with Crippen LogP contribution in [0.5, 0.6) is 0 Å². The van der Waals surface area contributed by atoms with Crippen molar-refractivity contribution in [2.24, 2.45) is 0 Å². The second-order valence-corrected chi connectivity index (χ2v) is 7.41. The average Bonchev–Trinajstić information content (AvgIpc) is 3.05.